The van der Waals surface area contributed by atoms with Crippen molar-refractivity contribution in [3.8, 4) is 11.4 Å². The molecule has 0 fully saturated rings. The van der Waals surface area contributed by atoms with E-state index in [1.165, 1.54) is 12.1 Å². The van der Waals surface area contributed by atoms with Crippen LogP contribution in [0, 0.1) is 13.8 Å². The summed E-state index contributed by atoms with van der Waals surface area (Å²) in [7, 11) is 0. The van der Waals surface area contributed by atoms with Crippen molar-refractivity contribution in [3.63, 3.8) is 0 Å². The van der Waals surface area contributed by atoms with Crippen molar-refractivity contribution in [2.75, 3.05) is 0 Å². The Kier molecular flexibility index (Phi) is 3.73. The van der Waals surface area contributed by atoms with E-state index in [0.717, 1.165) is 20.3 Å². The molecule has 0 aliphatic rings. The lowest BCUT2D eigenvalue weighted by molar-refractivity contribution is 0.977. The van der Waals surface area contributed by atoms with Crippen molar-refractivity contribution >= 4 is 21.5 Å². The molecule has 30 heavy (non-hydrogen) atoms. The second kappa shape index (κ2) is 6.22. The molecular weight excluding hydrogens is 380 g/mol. The van der Waals surface area contributed by atoms with Crippen LogP contribution in [-0.4, -0.2) is 9.13 Å². The highest BCUT2D eigenvalue weighted by molar-refractivity contribution is 5.98. The van der Waals surface area contributed by atoms with E-state index in [4.69, 9.17) is 0 Å². The Balaban J connectivity index is 1.88. The van der Waals surface area contributed by atoms with Crippen LogP contribution in [0.2, 0.25) is 0 Å². The third-order valence-electron chi connectivity index (χ3n) is 5.51. The average molecular weight is 396 g/mol. The number of benzene rings is 3. The number of aryl methyl sites for hydroxylation is 2. The van der Waals surface area contributed by atoms with Crippen molar-refractivity contribution < 1.29 is 0 Å². The predicted octanol–water partition coefficient (Wildman–Crippen LogP) is 2.51. The second-order valence-corrected chi connectivity index (χ2v) is 7.46. The zero-order chi connectivity index (χ0) is 21.2. The van der Waals surface area contributed by atoms with Crippen LogP contribution in [0.15, 0.2) is 79.8 Å². The van der Waals surface area contributed by atoms with Crippen LogP contribution in [0.25, 0.3) is 32.9 Å². The van der Waals surface area contributed by atoms with E-state index in [1.807, 2.05) is 32.0 Å². The first-order chi connectivity index (χ1) is 14.4. The topological polar surface area (TPSA) is 78.1 Å². The summed E-state index contributed by atoms with van der Waals surface area (Å²) < 4.78 is 2.18. The first kappa shape index (κ1) is 18.0. The Morgan fingerprint density at radius 3 is 1.63 bits per heavy atom. The molecule has 0 unspecified atom stereocenters. The third-order valence-corrected chi connectivity index (χ3v) is 5.51. The number of aromatic nitrogens is 2. The molecule has 0 N–H and O–H groups in total. The fourth-order valence-electron chi connectivity index (χ4n) is 4.01. The lowest BCUT2D eigenvalue weighted by atomic mass is 10.1. The van der Waals surface area contributed by atoms with E-state index in [9.17, 15) is 19.2 Å². The lowest BCUT2D eigenvalue weighted by Gasteiger charge is -2.03. The van der Waals surface area contributed by atoms with Gasteiger partial charge in [0.2, 0.25) is 0 Å². The van der Waals surface area contributed by atoms with Gasteiger partial charge in [-0.1, -0.05) is 30.3 Å². The van der Waals surface area contributed by atoms with Gasteiger partial charge in [0.15, 0.2) is 0 Å². The number of nitrogens with zero attached hydrogens (tertiary/aromatic N) is 2. The molecule has 5 aromatic rings. The minimum absolute atomic E-state index is 0.132. The first-order valence-corrected chi connectivity index (χ1v) is 9.46. The van der Waals surface area contributed by atoms with Crippen molar-refractivity contribution in [2.24, 2.45) is 0 Å². The summed E-state index contributed by atoms with van der Waals surface area (Å²) >= 11 is 0. The molecule has 2 heterocycles. The Hall–Kier alpha value is -4.06. The van der Waals surface area contributed by atoms with Crippen molar-refractivity contribution in [3.05, 3.63) is 113 Å². The predicted molar refractivity (Wildman–Crippen MR) is 117 cm³/mol. The summed E-state index contributed by atoms with van der Waals surface area (Å²) in [6.45, 7) is 3.68. The van der Waals surface area contributed by atoms with Gasteiger partial charge in [-0.2, -0.15) is 0 Å². The van der Waals surface area contributed by atoms with Gasteiger partial charge in [0.05, 0.1) is 32.9 Å². The Morgan fingerprint density at radius 1 is 0.567 bits per heavy atom. The molecule has 146 valence electrons. The van der Waals surface area contributed by atoms with Gasteiger partial charge in [0.1, 0.15) is 0 Å². The maximum absolute atomic E-state index is 13.0. The molecule has 6 nitrogen and oxygen atoms in total. The Morgan fingerprint density at radius 2 is 1.10 bits per heavy atom. The summed E-state index contributed by atoms with van der Waals surface area (Å²) in [5.74, 6) is 0. The van der Waals surface area contributed by atoms with E-state index in [-0.39, 0.29) is 21.5 Å². The van der Waals surface area contributed by atoms with Crippen LogP contribution in [0.4, 0.5) is 0 Å². The summed E-state index contributed by atoms with van der Waals surface area (Å²) in [5, 5.41) is 0.532. The van der Waals surface area contributed by atoms with Crippen LogP contribution in [0.5, 0.6) is 0 Å². The minimum atomic E-state index is -0.502. The summed E-state index contributed by atoms with van der Waals surface area (Å²) in [6.07, 6.45) is 0. The molecule has 0 aliphatic carbocycles. The van der Waals surface area contributed by atoms with Crippen LogP contribution in [0.3, 0.4) is 0 Å². The summed E-state index contributed by atoms with van der Waals surface area (Å²) in [5.41, 5.74) is 0.630. The largest absolute Gasteiger partial charge is 0.268 e. The summed E-state index contributed by atoms with van der Waals surface area (Å²) in [4.78, 5) is 52.1. The van der Waals surface area contributed by atoms with E-state index >= 15 is 0 Å². The molecule has 0 atom stereocenters. The van der Waals surface area contributed by atoms with Gasteiger partial charge < -0.3 is 0 Å². The molecule has 0 saturated heterocycles. The van der Waals surface area contributed by atoms with Gasteiger partial charge in [0.25, 0.3) is 22.2 Å². The fourth-order valence-corrected chi connectivity index (χ4v) is 4.01. The van der Waals surface area contributed by atoms with Crippen LogP contribution in [-0.2, 0) is 0 Å². The van der Waals surface area contributed by atoms with Crippen LogP contribution in [0.1, 0.15) is 11.1 Å². The van der Waals surface area contributed by atoms with Crippen molar-refractivity contribution in [1.29, 1.82) is 0 Å². The molecule has 2 aromatic heterocycles. The third kappa shape index (κ3) is 2.37. The van der Waals surface area contributed by atoms with Gasteiger partial charge in [-0.15, -0.1) is 0 Å². The average Bonchev–Trinajstić information content (AvgIpc) is 3.12. The molecule has 6 heteroatoms. The zero-order valence-electron chi connectivity index (χ0n) is 16.3. The van der Waals surface area contributed by atoms with Crippen molar-refractivity contribution in [1.82, 2.24) is 9.13 Å². The van der Waals surface area contributed by atoms with Gasteiger partial charge in [-0.25, -0.2) is 9.13 Å². The van der Waals surface area contributed by atoms with Gasteiger partial charge in [-0.3, -0.25) is 19.2 Å². The number of rotatable bonds is 2. The normalized spacial score (nSPS) is 11.5. The highest BCUT2D eigenvalue weighted by Crippen LogP contribution is 2.18. The van der Waals surface area contributed by atoms with E-state index < -0.39 is 22.2 Å². The number of hydrogen-bond donors (Lipinski definition) is 0. The smallest absolute Gasteiger partial charge is 0.266 e. The SMILES string of the molecule is Cc1cccc(-n2c(=O)c3cc4c(=O)n(-c5ccccc5C)c(=O)c4cc3c2=O)c1. The molecule has 0 radical (unpaired) electrons. The number of para-hydroxylation sites is 1. The highest BCUT2D eigenvalue weighted by atomic mass is 16.2. The maximum Gasteiger partial charge on any atom is 0.266 e. The highest BCUT2D eigenvalue weighted by Gasteiger charge is 2.21. The molecular formula is C24H16N2O4. The zero-order valence-corrected chi connectivity index (χ0v) is 16.3. The first-order valence-electron chi connectivity index (χ1n) is 9.46. The molecule has 0 bridgehead atoms. The maximum atomic E-state index is 13.0. The second-order valence-electron chi connectivity index (χ2n) is 7.46. The van der Waals surface area contributed by atoms with Crippen LogP contribution >= 0.6 is 0 Å². The lowest BCUT2D eigenvalue weighted by Crippen LogP contribution is -2.24. The molecule has 0 aliphatic heterocycles. The van der Waals surface area contributed by atoms with E-state index in [1.54, 1.807) is 30.3 Å². The minimum Gasteiger partial charge on any atom is -0.268 e. The van der Waals surface area contributed by atoms with Gasteiger partial charge >= 0.3 is 0 Å². The van der Waals surface area contributed by atoms with Crippen LogP contribution < -0.4 is 22.2 Å². The fraction of sp³-hybridized carbons (Fsp3) is 0.0833. The molecule has 0 saturated carbocycles. The van der Waals surface area contributed by atoms with E-state index in [2.05, 4.69) is 0 Å². The molecule has 0 spiro atoms. The number of fused-ring (bicyclic) bond motifs is 2. The summed E-state index contributed by atoms with van der Waals surface area (Å²) in [6, 6.07) is 16.9. The molecule has 3 aromatic carbocycles. The number of hydrogen-bond acceptors (Lipinski definition) is 4. The van der Waals surface area contributed by atoms with Gasteiger partial charge in [-0.05, 0) is 55.3 Å². The monoisotopic (exact) mass is 396 g/mol. The Labute approximate surface area is 169 Å². The molecule has 0 amide bonds. The van der Waals surface area contributed by atoms with E-state index in [0.29, 0.717) is 11.4 Å². The molecule has 5 rings (SSSR count). The standard InChI is InChI=1S/C24H16N2O4/c1-13-6-5-8-15(10-13)25-21(27)16-11-18-19(12-17(16)22(25)28)24(30)26(23(18)29)20-9-4-3-7-14(20)2/h3-12H,1-2H3. The quantitative estimate of drug-likeness (QED) is 0.459. The Bertz CT molecular complexity index is 1620. The van der Waals surface area contributed by atoms with Crippen molar-refractivity contribution in [2.45, 2.75) is 13.8 Å². The van der Waals surface area contributed by atoms with Gasteiger partial charge in [0, 0.05) is 0 Å².